The molecule has 6 heteroatoms. The first-order valence-electron chi connectivity index (χ1n) is 11.9. The Balaban J connectivity index is 1.68. The molecule has 182 valence electrons. The Bertz CT molecular complexity index is 1190. The summed E-state index contributed by atoms with van der Waals surface area (Å²) < 4.78 is 5.64. The van der Waals surface area contributed by atoms with Crippen molar-refractivity contribution in [3.8, 4) is 11.8 Å². The van der Waals surface area contributed by atoms with Crippen molar-refractivity contribution in [3.05, 3.63) is 77.4 Å². The molecule has 0 aliphatic carbocycles. The van der Waals surface area contributed by atoms with E-state index in [2.05, 4.69) is 43.7 Å². The van der Waals surface area contributed by atoms with Crippen LogP contribution in [-0.4, -0.2) is 35.6 Å². The molecule has 0 aromatic heterocycles. The average Bonchev–Trinajstić information content (AvgIpc) is 3.21. The minimum Gasteiger partial charge on any atom is -0.490 e. The molecule has 0 radical (unpaired) electrons. The average molecular weight is 471 g/mol. The maximum Gasteiger partial charge on any atom is 0.251 e. The fraction of sp³-hybridized carbons (Fsp3) is 0.379. The molecule has 35 heavy (non-hydrogen) atoms. The molecule has 1 N–H and O–H groups in total. The Labute approximate surface area is 208 Å². The smallest absolute Gasteiger partial charge is 0.251 e. The molecule has 1 unspecified atom stereocenters. The van der Waals surface area contributed by atoms with E-state index in [1.165, 1.54) is 0 Å². The van der Waals surface area contributed by atoms with Gasteiger partial charge in [0.1, 0.15) is 11.8 Å². The summed E-state index contributed by atoms with van der Waals surface area (Å²) in [7, 11) is 0. The molecule has 0 spiro atoms. The van der Waals surface area contributed by atoms with Gasteiger partial charge in [-0.1, -0.05) is 51.1 Å². The molecule has 1 aliphatic heterocycles. The van der Waals surface area contributed by atoms with Crippen molar-refractivity contribution in [1.29, 1.82) is 5.26 Å². The van der Waals surface area contributed by atoms with E-state index in [9.17, 15) is 10.1 Å². The molecule has 0 saturated carbocycles. The van der Waals surface area contributed by atoms with Gasteiger partial charge >= 0.3 is 0 Å². The molecule has 2 aromatic rings. The normalized spacial score (nSPS) is 16.2. The van der Waals surface area contributed by atoms with Crippen LogP contribution in [0, 0.1) is 16.7 Å². The molecule has 0 bridgehead atoms. The molecule has 1 aliphatic rings. The van der Waals surface area contributed by atoms with Crippen LogP contribution < -0.4 is 10.1 Å². The van der Waals surface area contributed by atoms with Crippen molar-refractivity contribution in [2.24, 2.45) is 15.4 Å². The molecule has 0 saturated heterocycles. The Hall–Kier alpha value is -3.72. The first kappa shape index (κ1) is 25.9. The van der Waals surface area contributed by atoms with Gasteiger partial charge in [0.05, 0.1) is 23.8 Å². The van der Waals surface area contributed by atoms with Crippen molar-refractivity contribution in [1.82, 2.24) is 5.32 Å². The standard InChI is InChI=1S/C29H34N4O2/c1-8-24(32-28(34)22-13-14-25(35-18(2)3)23(16-22)17-30)15-20-9-11-21(12-10-20)27-31-19(4)26(33-27)29(5,6)7/h8-14,16,18,24,26H,1,15H2,2-7H3,(H,32,34)/t24-,26?/m1/s1. The molecule has 2 aromatic carbocycles. The van der Waals surface area contributed by atoms with Gasteiger partial charge in [-0.2, -0.15) is 5.26 Å². The van der Waals surface area contributed by atoms with Gasteiger partial charge in [0.25, 0.3) is 5.91 Å². The molecule has 2 atom stereocenters. The Morgan fingerprint density at radius 3 is 2.46 bits per heavy atom. The highest BCUT2D eigenvalue weighted by Gasteiger charge is 2.31. The molecular formula is C29H34N4O2. The monoisotopic (exact) mass is 470 g/mol. The van der Waals surface area contributed by atoms with Crippen LogP contribution >= 0.6 is 0 Å². The summed E-state index contributed by atoms with van der Waals surface area (Å²) in [6, 6.07) is 14.9. The fourth-order valence-corrected chi connectivity index (χ4v) is 4.04. The maximum absolute atomic E-state index is 12.8. The second kappa shape index (κ2) is 10.7. The number of rotatable bonds is 8. The second-order valence-electron chi connectivity index (χ2n) is 10.2. The second-order valence-corrected chi connectivity index (χ2v) is 10.2. The van der Waals surface area contributed by atoms with E-state index in [0.29, 0.717) is 23.3 Å². The summed E-state index contributed by atoms with van der Waals surface area (Å²) in [6.45, 7) is 16.2. The van der Waals surface area contributed by atoms with Gasteiger partial charge in [-0.05, 0) is 56.4 Å². The van der Waals surface area contributed by atoms with E-state index >= 15 is 0 Å². The minimum atomic E-state index is -0.266. The van der Waals surface area contributed by atoms with Gasteiger partial charge < -0.3 is 10.1 Å². The van der Waals surface area contributed by atoms with Gasteiger partial charge in [-0.15, -0.1) is 6.58 Å². The summed E-state index contributed by atoms with van der Waals surface area (Å²) in [5.74, 6) is 0.970. The van der Waals surface area contributed by atoms with Crippen LogP contribution in [0.25, 0.3) is 0 Å². The maximum atomic E-state index is 12.8. The van der Waals surface area contributed by atoms with Crippen LogP contribution in [0.1, 0.15) is 68.6 Å². The number of ether oxygens (including phenoxy) is 1. The van der Waals surface area contributed by atoms with Crippen LogP contribution in [0.3, 0.4) is 0 Å². The van der Waals surface area contributed by atoms with Gasteiger partial charge in [0.2, 0.25) is 0 Å². The number of nitrogens with zero attached hydrogens (tertiary/aromatic N) is 3. The van der Waals surface area contributed by atoms with Crippen LogP contribution in [-0.2, 0) is 6.42 Å². The van der Waals surface area contributed by atoms with Crippen LogP contribution in [0.2, 0.25) is 0 Å². The molecule has 0 fully saturated rings. The number of nitrogens with one attached hydrogen (secondary N) is 1. The van der Waals surface area contributed by atoms with E-state index in [4.69, 9.17) is 9.73 Å². The van der Waals surface area contributed by atoms with Crippen molar-refractivity contribution in [3.63, 3.8) is 0 Å². The number of carbonyl (C=O) groups is 1. The third-order valence-electron chi connectivity index (χ3n) is 5.74. The number of benzene rings is 2. The van der Waals surface area contributed by atoms with E-state index in [-0.39, 0.29) is 29.5 Å². The fourth-order valence-electron chi connectivity index (χ4n) is 4.04. The minimum absolute atomic E-state index is 0.0282. The molecule has 3 rings (SSSR count). The molecule has 1 heterocycles. The SMILES string of the molecule is C=C[C@H](Cc1ccc(C2=NC(C(C)(C)C)C(C)=N2)cc1)NC(=O)c1ccc(OC(C)C)c(C#N)c1. The molecule has 1 amide bonds. The summed E-state index contributed by atoms with van der Waals surface area (Å²) in [4.78, 5) is 22.4. The molecular weight excluding hydrogens is 436 g/mol. The van der Waals surface area contributed by atoms with Crippen LogP contribution in [0.15, 0.2) is 65.1 Å². The highest BCUT2D eigenvalue weighted by Crippen LogP contribution is 2.28. The number of hydrogen-bond acceptors (Lipinski definition) is 5. The Kier molecular flexibility index (Phi) is 7.91. The lowest BCUT2D eigenvalue weighted by Gasteiger charge is -2.24. The highest BCUT2D eigenvalue weighted by molar-refractivity contribution is 6.12. The largest absolute Gasteiger partial charge is 0.490 e. The quantitative estimate of drug-likeness (QED) is 0.516. The first-order valence-corrected chi connectivity index (χ1v) is 11.9. The Morgan fingerprint density at radius 2 is 1.91 bits per heavy atom. The number of aliphatic imine (C=N–C) groups is 2. The predicted octanol–water partition coefficient (Wildman–Crippen LogP) is 5.51. The first-order chi connectivity index (χ1) is 16.5. The lowest BCUT2D eigenvalue weighted by molar-refractivity contribution is 0.0944. The van der Waals surface area contributed by atoms with Gasteiger partial charge in [-0.3, -0.25) is 9.79 Å². The number of hydrogen-bond donors (Lipinski definition) is 1. The summed E-state index contributed by atoms with van der Waals surface area (Å²) in [5, 5.41) is 12.4. The zero-order chi connectivity index (χ0) is 25.8. The number of carbonyl (C=O) groups excluding carboxylic acids is 1. The van der Waals surface area contributed by atoms with E-state index in [1.807, 2.05) is 45.0 Å². The van der Waals surface area contributed by atoms with Crippen molar-refractivity contribution >= 4 is 17.5 Å². The number of amides is 1. The van der Waals surface area contributed by atoms with Gasteiger partial charge in [-0.25, -0.2) is 4.99 Å². The zero-order valence-electron chi connectivity index (χ0n) is 21.4. The lowest BCUT2D eigenvalue weighted by atomic mass is 9.85. The summed E-state index contributed by atoms with van der Waals surface area (Å²) in [6.07, 6.45) is 2.25. The van der Waals surface area contributed by atoms with Gasteiger partial charge in [0.15, 0.2) is 5.84 Å². The zero-order valence-corrected chi connectivity index (χ0v) is 21.4. The van der Waals surface area contributed by atoms with Crippen molar-refractivity contribution in [2.45, 2.75) is 66.2 Å². The van der Waals surface area contributed by atoms with Crippen LogP contribution in [0.5, 0.6) is 5.75 Å². The number of amidine groups is 1. The Morgan fingerprint density at radius 1 is 1.23 bits per heavy atom. The van der Waals surface area contributed by atoms with E-state index in [0.717, 1.165) is 22.7 Å². The van der Waals surface area contributed by atoms with E-state index < -0.39 is 0 Å². The molecule has 6 nitrogen and oxygen atoms in total. The van der Waals surface area contributed by atoms with Crippen LogP contribution in [0.4, 0.5) is 0 Å². The van der Waals surface area contributed by atoms with E-state index in [1.54, 1.807) is 24.3 Å². The topological polar surface area (TPSA) is 86.8 Å². The third kappa shape index (κ3) is 6.45. The predicted molar refractivity (Wildman–Crippen MR) is 141 cm³/mol. The highest BCUT2D eigenvalue weighted by atomic mass is 16.5. The van der Waals surface area contributed by atoms with Gasteiger partial charge in [0, 0.05) is 16.8 Å². The summed E-state index contributed by atoms with van der Waals surface area (Å²) >= 11 is 0. The summed E-state index contributed by atoms with van der Waals surface area (Å²) in [5.41, 5.74) is 3.84. The third-order valence-corrected chi connectivity index (χ3v) is 5.74. The van der Waals surface area contributed by atoms with Crippen molar-refractivity contribution in [2.75, 3.05) is 0 Å². The van der Waals surface area contributed by atoms with Crippen molar-refractivity contribution < 1.29 is 9.53 Å². The lowest BCUT2D eigenvalue weighted by Crippen LogP contribution is -2.34. The number of nitriles is 1.